The first-order valence-corrected chi connectivity index (χ1v) is 8.28. The summed E-state index contributed by atoms with van der Waals surface area (Å²) in [5.41, 5.74) is 5.60. The average molecular weight is 400 g/mol. The molecule has 8 heteroatoms. The van der Waals surface area contributed by atoms with Crippen molar-refractivity contribution >= 4 is 21.8 Å². The smallest absolute Gasteiger partial charge is 0.293 e. The normalized spacial score (nSPS) is 26.2. The molecule has 1 aromatic rings. The number of carbonyl (C=O) groups excluding carboxylic acids is 1. The number of aliphatic hydroxyl groups is 2. The minimum atomic E-state index is -1.01. The second-order valence-electron chi connectivity index (χ2n) is 5.39. The van der Waals surface area contributed by atoms with E-state index < -0.39 is 30.4 Å². The van der Waals surface area contributed by atoms with E-state index in [0.717, 1.165) is 0 Å². The highest BCUT2D eigenvalue weighted by Gasteiger charge is 2.50. The Morgan fingerprint density at radius 2 is 2.29 bits per heavy atom. The molecule has 0 unspecified atom stereocenters. The zero-order valence-electron chi connectivity index (χ0n) is 13.0. The number of carbonyl (C=O) groups is 1. The number of amides is 1. The van der Waals surface area contributed by atoms with Gasteiger partial charge < -0.3 is 25.4 Å². The second kappa shape index (κ2) is 8.55. The van der Waals surface area contributed by atoms with E-state index in [1.165, 1.54) is 6.20 Å². The Labute approximate surface area is 148 Å². The third kappa shape index (κ3) is 4.12. The molecule has 7 nitrogen and oxygen atoms in total. The van der Waals surface area contributed by atoms with E-state index in [1.54, 1.807) is 16.7 Å². The van der Waals surface area contributed by atoms with E-state index in [0.29, 0.717) is 24.1 Å². The van der Waals surface area contributed by atoms with Gasteiger partial charge in [-0.1, -0.05) is 0 Å². The van der Waals surface area contributed by atoms with Crippen LogP contribution in [0.4, 0.5) is 0 Å². The van der Waals surface area contributed by atoms with Gasteiger partial charge >= 0.3 is 0 Å². The van der Waals surface area contributed by atoms with Crippen molar-refractivity contribution in [3.8, 4) is 12.3 Å². The van der Waals surface area contributed by atoms with Crippen LogP contribution in [0.1, 0.15) is 29.4 Å². The van der Waals surface area contributed by atoms with Crippen molar-refractivity contribution in [1.82, 2.24) is 0 Å². The fourth-order valence-electron chi connectivity index (χ4n) is 2.51. The molecule has 0 aromatic carbocycles. The molecular formula is C16H20BrN2O5+. The lowest BCUT2D eigenvalue weighted by Gasteiger charge is -2.18. The summed E-state index contributed by atoms with van der Waals surface area (Å²) in [5, 5.41) is 19.7. The van der Waals surface area contributed by atoms with E-state index in [9.17, 15) is 15.0 Å². The summed E-state index contributed by atoms with van der Waals surface area (Å²) in [6.07, 6.45) is 4.69. The van der Waals surface area contributed by atoms with E-state index >= 15 is 0 Å². The summed E-state index contributed by atoms with van der Waals surface area (Å²) >= 11 is 3.38. The van der Waals surface area contributed by atoms with Crippen LogP contribution in [0.3, 0.4) is 0 Å². The van der Waals surface area contributed by atoms with Crippen molar-refractivity contribution < 1.29 is 29.0 Å². The number of hydrogen-bond acceptors (Lipinski definition) is 5. The van der Waals surface area contributed by atoms with E-state index in [-0.39, 0.29) is 12.2 Å². The third-order valence-corrected chi connectivity index (χ3v) is 4.43. The number of rotatable bonds is 7. The number of halogens is 1. The first-order chi connectivity index (χ1) is 11.5. The Morgan fingerprint density at radius 3 is 2.92 bits per heavy atom. The highest BCUT2D eigenvalue weighted by Crippen LogP contribution is 2.29. The average Bonchev–Trinajstić information content (AvgIpc) is 2.88. The van der Waals surface area contributed by atoms with E-state index in [1.807, 2.05) is 0 Å². The Morgan fingerprint density at radius 1 is 1.54 bits per heavy atom. The number of nitrogens with zero attached hydrogens (tertiary/aromatic N) is 1. The molecule has 0 saturated carbocycles. The monoisotopic (exact) mass is 399 g/mol. The molecule has 0 spiro atoms. The number of aliphatic hydroxyl groups excluding tert-OH is 2. The Kier molecular flexibility index (Phi) is 6.71. The van der Waals surface area contributed by atoms with Gasteiger partial charge in [-0.2, -0.15) is 4.57 Å². The molecular weight excluding hydrogens is 380 g/mol. The minimum Gasteiger partial charge on any atom is -0.394 e. The van der Waals surface area contributed by atoms with Gasteiger partial charge in [0.05, 0.1) is 6.61 Å². The second-order valence-corrected chi connectivity index (χ2v) is 6.21. The lowest BCUT2D eigenvalue weighted by molar-refractivity contribution is -0.775. The highest BCUT2D eigenvalue weighted by atomic mass is 79.9. The first-order valence-electron chi connectivity index (χ1n) is 7.49. The number of pyridine rings is 1. The molecule has 130 valence electrons. The molecule has 4 atom stereocenters. The van der Waals surface area contributed by atoms with Crippen LogP contribution in [0.5, 0.6) is 0 Å². The van der Waals surface area contributed by atoms with Gasteiger partial charge in [0.1, 0.15) is 17.8 Å². The molecule has 1 fully saturated rings. The maximum atomic E-state index is 11.4. The van der Waals surface area contributed by atoms with Crippen LogP contribution in [-0.4, -0.2) is 47.6 Å². The Hall–Kier alpha value is -1.50. The first kappa shape index (κ1) is 18.8. The number of terminal acetylenes is 1. The predicted molar refractivity (Wildman–Crippen MR) is 87.7 cm³/mol. The molecule has 2 rings (SSSR count). The van der Waals surface area contributed by atoms with Crippen molar-refractivity contribution in [3.05, 3.63) is 28.5 Å². The quantitative estimate of drug-likeness (QED) is 0.256. The number of unbranched alkanes of at least 4 members (excludes halogenated alkanes) is 1. The van der Waals surface area contributed by atoms with E-state index in [4.69, 9.17) is 21.6 Å². The maximum Gasteiger partial charge on any atom is 0.293 e. The van der Waals surface area contributed by atoms with Gasteiger partial charge in [0.2, 0.25) is 4.60 Å². The lowest BCUT2D eigenvalue weighted by atomic mass is 10.1. The standard InChI is InChI=1S/C16H19BrN2O5/c1-2-3-4-7-23-14-13(21)11(9-20)24-16(14)19-8-10(15(18)22)5-6-12(19)17/h1,5-6,8,11,13-14,16,20-21H,3-4,7,9H2,(H-,18,22)/p+1/t11-,13-,14-,16-/m1/s1. The SMILES string of the molecule is C#CCCCO[C@@H]1[C@H](O)[C@@H](CO)O[C@H]1[n+]1cc(C(N)=O)ccc1Br. The number of ether oxygens (including phenoxy) is 2. The summed E-state index contributed by atoms with van der Waals surface area (Å²) in [7, 11) is 0. The fourth-order valence-corrected chi connectivity index (χ4v) is 2.94. The molecule has 1 aliphatic rings. The molecule has 1 saturated heterocycles. The van der Waals surface area contributed by atoms with Gasteiger partial charge in [-0.15, -0.1) is 12.3 Å². The van der Waals surface area contributed by atoms with Crippen molar-refractivity contribution in [2.45, 2.75) is 37.4 Å². The van der Waals surface area contributed by atoms with Crippen LogP contribution < -0.4 is 10.3 Å². The number of primary amides is 1. The van der Waals surface area contributed by atoms with Gasteiger partial charge in [-0.25, -0.2) is 0 Å². The molecule has 0 aliphatic carbocycles. The summed E-state index contributed by atoms with van der Waals surface area (Å²) < 4.78 is 13.7. The molecule has 1 aromatic heterocycles. The zero-order valence-corrected chi connectivity index (χ0v) is 14.6. The molecule has 24 heavy (non-hydrogen) atoms. The molecule has 0 radical (unpaired) electrons. The third-order valence-electron chi connectivity index (χ3n) is 3.75. The minimum absolute atomic E-state index is 0.287. The van der Waals surface area contributed by atoms with Gasteiger partial charge in [0.15, 0.2) is 12.3 Å². The lowest BCUT2D eigenvalue weighted by Crippen LogP contribution is -2.49. The van der Waals surface area contributed by atoms with Crippen molar-refractivity contribution in [2.75, 3.05) is 13.2 Å². The summed E-state index contributed by atoms with van der Waals surface area (Å²) in [5.74, 6) is 1.94. The molecule has 2 heterocycles. The summed E-state index contributed by atoms with van der Waals surface area (Å²) in [6, 6.07) is 3.22. The van der Waals surface area contributed by atoms with Gasteiger partial charge in [0, 0.05) is 35.0 Å². The van der Waals surface area contributed by atoms with Gasteiger partial charge in [0.25, 0.3) is 12.1 Å². The van der Waals surface area contributed by atoms with Crippen molar-refractivity contribution in [2.24, 2.45) is 5.73 Å². The Bertz CT molecular complexity index is 633. The van der Waals surface area contributed by atoms with Crippen molar-refractivity contribution in [3.63, 3.8) is 0 Å². The van der Waals surface area contributed by atoms with Crippen LogP contribution in [0.15, 0.2) is 22.9 Å². The largest absolute Gasteiger partial charge is 0.394 e. The van der Waals surface area contributed by atoms with Crippen LogP contribution in [-0.2, 0) is 9.47 Å². The van der Waals surface area contributed by atoms with Gasteiger partial charge in [-0.05, 0) is 12.5 Å². The van der Waals surface area contributed by atoms with Crippen molar-refractivity contribution in [1.29, 1.82) is 0 Å². The number of nitrogens with two attached hydrogens (primary N) is 1. The van der Waals surface area contributed by atoms with Crippen LogP contribution >= 0.6 is 15.9 Å². The summed E-state index contributed by atoms with van der Waals surface area (Å²) in [6.45, 7) is -0.00675. The predicted octanol–water partition coefficient (Wildman–Crippen LogP) is -0.115. The number of aromatic nitrogens is 1. The fraction of sp³-hybridized carbons (Fsp3) is 0.500. The summed E-state index contributed by atoms with van der Waals surface area (Å²) in [4.78, 5) is 11.4. The van der Waals surface area contributed by atoms with Crippen LogP contribution in [0.2, 0.25) is 0 Å². The highest BCUT2D eigenvalue weighted by molar-refractivity contribution is 9.10. The van der Waals surface area contributed by atoms with Crippen LogP contribution in [0, 0.1) is 12.3 Å². The Balaban J connectivity index is 2.26. The van der Waals surface area contributed by atoms with E-state index in [2.05, 4.69) is 21.9 Å². The molecule has 1 aliphatic heterocycles. The topological polar surface area (TPSA) is 106 Å². The molecule has 1 amide bonds. The maximum absolute atomic E-state index is 11.4. The van der Waals surface area contributed by atoms with Crippen LogP contribution in [0.25, 0.3) is 0 Å². The number of hydrogen-bond donors (Lipinski definition) is 3. The zero-order chi connectivity index (χ0) is 17.7. The molecule has 4 N–H and O–H groups in total. The molecule has 0 bridgehead atoms. The van der Waals surface area contributed by atoms with Gasteiger partial charge in [-0.3, -0.25) is 4.79 Å².